The lowest BCUT2D eigenvalue weighted by Gasteiger charge is -1.94. The van der Waals surface area contributed by atoms with E-state index in [9.17, 15) is 0 Å². The summed E-state index contributed by atoms with van der Waals surface area (Å²) in [6.07, 6.45) is 0. The minimum absolute atomic E-state index is 0.259. The van der Waals surface area contributed by atoms with Crippen LogP contribution in [0.2, 0.25) is 0 Å². The van der Waals surface area contributed by atoms with Crippen LogP contribution in [0.3, 0.4) is 0 Å². The van der Waals surface area contributed by atoms with Crippen LogP contribution in [0.1, 0.15) is 5.69 Å². The normalized spacial score (nSPS) is 8.80. The van der Waals surface area contributed by atoms with Crippen molar-refractivity contribution in [3.63, 3.8) is 0 Å². The van der Waals surface area contributed by atoms with Gasteiger partial charge in [0.05, 0.1) is 5.69 Å². The van der Waals surface area contributed by atoms with Crippen LogP contribution in [0.25, 0.3) is 0 Å². The summed E-state index contributed by atoms with van der Waals surface area (Å²) in [4.78, 5) is 3.82. The molecule has 2 N–H and O–H groups in total. The Bertz CT molecular complexity index is 290. The van der Waals surface area contributed by atoms with Crippen LogP contribution in [-0.4, -0.2) is 4.98 Å². The van der Waals surface area contributed by atoms with Gasteiger partial charge in [0.25, 0.3) is 0 Å². The maximum absolute atomic E-state index is 8.43. The Morgan fingerprint density at radius 2 is 2.30 bits per heavy atom. The van der Waals surface area contributed by atoms with Crippen molar-refractivity contribution in [2.45, 2.75) is 0 Å². The molecule has 0 saturated carbocycles. The molecule has 0 aliphatic heterocycles. The van der Waals surface area contributed by atoms with Gasteiger partial charge in [-0.1, -0.05) is 0 Å². The van der Waals surface area contributed by atoms with Crippen molar-refractivity contribution < 1.29 is 0 Å². The predicted molar refractivity (Wildman–Crippen MR) is 41.1 cm³/mol. The average molecular weight is 198 g/mol. The van der Waals surface area contributed by atoms with E-state index in [2.05, 4.69) is 20.9 Å². The monoisotopic (exact) mass is 197 g/mol. The zero-order valence-corrected chi connectivity index (χ0v) is 6.59. The number of nitrogens with zero attached hydrogens (tertiary/aromatic N) is 2. The molecule has 4 heteroatoms. The minimum Gasteiger partial charge on any atom is -0.396 e. The van der Waals surface area contributed by atoms with Gasteiger partial charge in [-0.15, -0.1) is 0 Å². The third kappa shape index (κ3) is 1.25. The van der Waals surface area contributed by atoms with Crippen molar-refractivity contribution in [1.82, 2.24) is 4.98 Å². The average Bonchev–Trinajstić information content (AvgIpc) is 1.94. The zero-order chi connectivity index (χ0) is 7.56. The van der Waals surface area contributed by atoms with Gasteiger partial charge in [0, 0.05) is 0 Å². The molecule has 1 aromatic rings. The molecule has 0 aliphatic carbocycles. The van der Waals surface area contributed by atoms with E-state index >= 15 is 0 Å². The summed E-state index contributed by atoms with van der Waals surface area (Å²) < 4.78 is 0.623. The maximum atomic E-state index is 8.43. The highest BCUT2D eigenvalue weighted by Crippen LogP contribution is 2.12. The Kier molecular flexibility index (Phi) is 1.88. The van der Waals surface area contributed by atoms with E-state index in [1.54, 1.807) is 12.1 Å². The van der Waals surface area contributed by atoms with Crippen molar-refractivity contribution in [2.24, 2.45) is 0 Å². The van der Waals surface area contributed by atoms with Crippen molar-refractivity contribution >= 4 is 21.6 Å². The topological polar surface area (TPSA) is 62.7 Å². The van der Waals surface area contributed by atoms with Gasteiger partial charge >= 0.3 is 0 Å². The molecule has 0 spiro atoms. The SMILES string of the molecule is N#Cc1nc(Br)ccc1N. The molecule has 50 valence electrons. The lowest BCUT2D eigenvalue weighted by atomic mass is 10.3. The fourth-order valence-electron chi connectivity index (χ4n) is 0.536. The van der Waals surface area contributed by atoms with Crippen LogP contribution in [0.5, 0.6) is 0 Å². The molecule has 10 heavy (non-hydrogen) atoms. The number of aromatic nitrogens is 1. The molecule has 0 radical (unpaired) electrons. The highest BCUT2D eigenvalue weighted by molar-refractivity contribution is 9.10. The summed E-state index contributed by atoms with van der Waals surface area (Å²) in [7, 11) is 0. The van der Waals surface area contributed by atoms with E-state index in [1.165, 1.54) is 0 Å². The summed E-state index contributed by atoms with van der Waals surface area (Å²) in [6.45, 7) is 0. The van der Waals surface area contributed by atoms with Crippen molar-refractivity contribution in [2.75, 3.05) is 5.73 Å². The van der Waals surface area contributed by atoms with Crippen LogP contribution in [0.4, 0.5) is 5.69 Å². The number of pyridine rings is 1. The molecule has 1 aromatic heterocycles. The van der Waals surface area contributed by atoms with E-state index < -0.39 is 0 Å². The van der Waals surface area contributed by atoms with Gasteiger partial charge in [-0.2, -0.15) is 5.26 Å². The molecule has 0 saturated heterocycles. The van der Waals surface area contributed by atoms with Crippen LogP contribution in [-0.2, 0) is 0 Å². The molecule has 0 bridgehead atoms. The molecular weight excluding hydrogens is 194 g/mol. The summed E-state index contributed by atoms with van der Waals surface area (Å²) in [5, 5.41) is 8.43. The number of nitrogens with two attached hydrogens (primary N) is 1. The highest BCUT2D eigenvalue weighted by atomic mass is 79.9. The summed E-state index contributed by atoms with van der Waals surface area (Å²) in [6, 6.07) is 5.20. The zero-order valence-electron chi connectivity index (χ0n) is 5.00. The first-order valence-electron chi connectivity index (χ1n) is 2.56. The second-order valence-electron chi connectivity index (χ2n) is 1.68. The Balaban J connectivity index is 3.25. The number of rotatable bonds is 0. The van der Waals surface area contributed by atoms with E-state index in [0.717, 1.165) is 0 Å². The molecule has 0 aliphatic rings. The first-order valence-corrected chi connectivity index (χ1v) is 3.35. The Morgan fingerprint density at radius 3 is 2.80 bits per heavy atom. The number of hydrogen-bond acceptors (Lipinski definition) is 3. The van der Waals surface area contributed by atoms with Gasteiger partial charge in [-0.3, -0.25) is 0 Å². The number of anilines is 1. The standard InChI is InChI=1S/C6H4BrN3/c7-6-2-1-4(9)5(3-8)10-6/h1-2H,9H2. The molecule has 1 heterocycles. The first-order chi connectivity index (χ1) is 4.74. The summed E-state index contributed by atoms with van der Waals surface area (Å²) >= 11 is 3.12. The predicted octanol–water partition coefficient (Wildman–Crippen LogP) is 1.30. The fraction of sp³-hybridized carbons (Fsp3) is 0. The number of halogens is 1. The molecule has 0 unspecified atom stereocenters. The Labute approximate surface area is 66.6 Å². The van der Waals surface area contributed by atoms with Crippen molar-refractivity contribution in [1.29, 1.82) is 5.26 Å². The van der Waals surface area contributed by atoms with Crippen LogP contribution in [0.15, 0.2) is 16.7 Å². The van der Waals surface area contributed by atoms with Gasteiger partial charge in [-0.25, -0.2) is 4.98 Å². The smallest absolute Gasteiger partial charge is 0.164 e. The van der Waals surface area contributed by atoms with E-state index in [1.807, 2.05) is 6.07 Å². The van der Waals surface area contributed by atoms with Gasteiger partial charge in [0.2, 0.25) is 0 Å². The minimum atomic E-state index is 0.259. The van der Waals surface area contributed by atoms with E-state index in [-0.39, 0.29) is 5.69 Å². The van der Waals surface area contributed by atoms with Crippen molar-refractivity contribution in [3.05, 3.63) is 22.4 Å². The molecule has 1 rings (SSSR count). The van der Waals surface area contributed by atoms with Crippen molar-refractivity contribution in [3.8, 4) is 6.07 Å². The fourth-order valence-corrected chi connectivity index (χ4v) is 0.845. The maximum Gasteiger partial charge on any atom is 0.164 e. The summed E-state index contributed by atoms with van der Waals surface area (Å²) in [5.41, 5.74) is 6.06. The largest absolute Gasteiger partial charge is 0.396 e. The van der Waals surface area contributed by atoms with Gasteiger partial charge in [0.15, 0.2) is 5.69 Å². The Hall–Kier alpha value is -1.08. The third-order valence-corrected chi connectivity index (χ3v) is 1.44. The molecule has 0 fully saturated rings. The molecule has 0 atom stereocenters. The molecular formula is C6H4BrN3. The lowest BCUT2D eigenvalue weighted by Crippen LogP contribution is -1.92. The lowest BCUT2D eigenvalue weighted by molar-refractivity contribution is 1.23. The van der Waals surface area contributed by atoms with E-state index in [4.69, 9.17) is 11.0 Å². The molecule has 3 nitrogen and oxygen atoms in total. The molecule has 0 aromatic carbocycles. The summed E-state index contributed by atoms with van der Waals surface area (Å²) in [5.74, 6) is 0. The van der Waals surface area contributed by atoms with Gasteiger partial charge < -0.3 is 5.73 Å². The van der Waals surface area contributed by atoms with Gasteiger partial charge in [-0.05, 0) is 28.1 Å². The van der Waals surface area contributed by atoms with E-state index in [0.29, 0.717) is 10.3 Å². The van der Waals surface area contributed by atoms with Crippen LogP contribution < -0.4 is 5.73 Å². The van der Waals surface area contributed by atoms with Crippen LogP contribution in [0, 0.1) is 11.3 Å². The second kappa shape index (κ2) is 2.67. The third-order valence-electron chi connectivity index (χ3n) is 0.998. The van der Waals surface area contributed by atoms with Crippen LogP contribution >= 0.6 is 15.9 Å². The molecule has 0 amide bonds. The Morgan fingerprint density at radius 1 is 1.60 bits per heavy atom. The number of nitrogen functional groups attached to an aromatic ring is 1. The number of hydrogen-bond donors (Lipinski definition) is 1. The quantitative estimate of drug-likeness (QED) is 0.639. The van der Waals surface area contributed by atoms with Gasteiger partial charge in [0.1, 0.15) is 10.7 Å². The first kappa shape index (κ1) is 7.03. The second-order valence-corrected chi connectivity index (χ2v) is 2.50. The highest BCUT2D eigenvalue weighted by Gasteiger charge is 1.97. The number of nitriles is 1.